The van der Waals surface area contributed by atoms with Crippen molar-refractivity contribution in [2.24, 2.45) is 0 Å². The molecule has 0 aromatic heterocycles. The Hall–Kier alpha value is -0.120. The highest BCUT2D eigenvalue weighted by atomic mass is 15.3. The van der Waals surface area contributed by atoms with Crippen LogP contribution in [0.1, 0.15) is 13.3 Å². The van der Waals surface area contributed by atoms with Crippen molar-refractivity contribution in [3.05, 3.63) is 0 Å². The first-order valence-corrected chi connectivity index (χ1v) is 4.42. The second kappa shape index (κ2) is 4.70. The first-order valence-electron chi connectivity index (χ1n) is 4.42. The molecule has 1 unspecified atom stereocenters. The van der Waals surface area contributed by atoms with E-state index in [0.29, 0.717) is 6.17 Å². The summed E-state index contributed by atoms with van der Waals surface area (Å²) in [6, 6.07) is 0. The number of hydrogen-bond acceptors (Lipinski definition) is 2. The van der Waals surface area contributed by atoms with Crippen molar-refractivity contribution in [3.8, 4) is 0 Å². The summed E-state index contributed by atoms with van der Waals surface area (Å²) in [6.45, 7) is 6.40. The van der Waals surface area contributed by atoms with E-state index in [1.54, 1.807) is 0 Å². The standard InChI is InChI=1S/C8H18N3/c1-3-6-11(2)8-7-9-4-5-10-8/h8-9H,3-7H2,1-2H3. The van der Waals surface area contributed by atoms with Crippen molar-refractivity contribution >= 4 is 0 Å². The van der Waals surface area contributed by atoms with Crippen molar-refractivity contribution in [2.75, 3.05) is 33.2 Å². The van der Waals surface area contributed by atoms with Crippen molar-refractivity contribution in [3.63, 3.8) is 0 Å². The van der Waals surface area contributed by atoms with Crippen LogP contribution in [0, 0.1) is 0 Å². The molecule has 1 atom stereocenters. The molecule has 0 aromatic rings. The number of piperazine rings is 1. The Morgan fingerprint density at radius 1 is 1.64 bits per heavy atom. The predicted molar refractivity (Wildman–Crippen MR) is 46.6 cm³/mol. The maximum atomic E-state index is 4.51. The van der Waals surface area contributed by atoms with Crippen LogP contribution in [0.5, 0.6) is 0 Å². The molecule has 0 aliphatic carbocycles. The molecule has 1 radical (unpaired) electrons. The molecule has 0 aromatic carbocycles. The Morgan fingerprint density at radius 2 is 2.45 bits per heavy atom. The van der Waals surface area contributed by atoms with E-state index in [9.17, 15) is 0 Å². The first kappa shape index (κ1) is 8.97. The highest BCUT2D eigenvalue weighted by molar-refractivity contribution is 4.73. The number of rotatable bonds is 3. The zero-order valence-corrected chi connectivity index (χ0v) is 7.51. The lowest BCUT2D eigenvalue weighted by molar-refractivity contribution is 0.178. The van der Waals surface area contributed by atoms with Gasteiger partial charge >= 0.3 is 0 Å². The van der Waals surface area contributed by atoms with Crippen molar-refractivity contribution in [2.45, 2.75) is 19.5 Å². The van der Waals surface area contributed by atoms with E-state index < -0.39 is 0 Å². The fourth-order valence-corrected chi connectivity index (χ4v) is 1.39. The minimum absolute atomic E-state index is 0.420. The molecule has 1 aliphatic rings. The van der Waals surface area contributed by atoms with Gasteiger partial charge in [0.1, 0.15) is 0 Å². The van der Waals surface area contributed by atoms with Gasteiger partial charge in [0.05, 0.1) is 6.17 Å². The molecule has 1 rings (SSSR count). The van der Waals surface area contributed by atoms with Crippen LogP contribution in [0.2, 0.25) is 0 Å². The topological polar surface area (TPSA) is 29.4 Å². The van der Waals surface area contributed by atoms with Gasteiger partial charge in [0, 0.05) is 19.6 Å². The van der Waals surface area contributed by atoms with Gasteiger partial charge in [0.25, 0.3) is 0 Å². The second-order valence-corrected chi connectivity index (χ2v) is 3.07. The third kappa shape index (κ3) is 2.77. The molecule has 0 saturated carbocycles. The Morgan fingerprint density at radius 3 is 3.00 bits per heavy atom. The lowest BCUT2D eigenvalue weighted by Crippen LogP contribution is -2.52. The predicted octanol–water partition coefficient (Wildman–Crippen LogP) is -0.138. The number of likely N-dealkylation sites (N-methyl/N-ethyl adjacent to an activating group) is 1. The summed E-state index contributed by atoms with van der Waals surface area (Å²) in [5.41, 5.74) is 0. The highest BCUT2D eigenvalue weighted by Gasteiger charge is 2.16. The van der Waals surface area contributed by atoms with Gasteiger partial charge in [0.2, 0.25) is 0 Å². The van der Waals surface area contributed by atoms with Gasteiger partial charge in [-0.15, -0.1) is 0 Å². The minimum Gasteiger partial charge on any atom is -0.312 e. The summed E-state index contributed by atoms with van der Waals surface area (Å²) in [5, 5.41) is 7.85. The summed E-state index contributed by atoms with van der Waals surface area (Å²) in [4.78, 5) is 2.31. The van der Waals surface area contributed by atoms with Crippen LogP contribution in [-0.2, 0) is 0 Å². The Bertz CT molecular complexity index is 99.5. The molecular formula is C8H18N3. The maximum Gasteiger partial charge on any atom is 0.0885 e. The van der Waals surface area contributed by atoms with Gasteiger partial charge in [-0.25, -0.2) is 5.32 Å². The van der Waals surface area contributed by atoms with E-state index in [0.717, 1.165) is 26.2 Å². The Labute approximate surface area is 69.1 Å². The molecule has 0 amide bonds. The molecule has 3 heteroatoms. The van der Waals surface area contributed by atoms with Gasteiger partial charge in [0.15, 0.2) is 0 Å². The average Bonchev–Trinajstić information content (AvgIpc) is 2.07. The zero-order valence-electron chi connectivity index (χ0n) is 7.51. The van der Waals surface area contributed by atoms with E-state index >= 15 is 0 Å². The minimum atomic E-state index is 0.420. The van der Waals surface area contributed by atoms with Crippen molar-refractivity contribution in [1.82, 2.24) is 15.5 Å². The monoisotopic (exact) mass is 156 g/mol. The lowest BCUT2D eigenvalue weighted by Gasteiger charge is -2.30. The molecule has 65 valence electrons. The number of hydrogen-bond donors (Lipinski definition) is 1. The molecule has 1 aliphatic heterocycles. The van der Waals surface area contributed by atoms with Crippen LogP contribution >= 0.6 is 0 Å². The van der Waals surface area contributed by atoms with E-state index in [-0.39, 0.29) is 0 Å². The normalized spacial score (nSPS) is 25.9. The summed E-state index contributed by atoms with van der Waals surface area (Å²) < 4.78 is 0. The fourth-order valence-electron chi connectivity index (χ4n) is 1.39. The van der Waals surface area contributed by atoms with Crippen LogP contribution in [0.4, 0.5) is 0 Å². The summed E-state index contributed by atoms with van der Waals surface area (Å²) in [5.74, 6) is 0. The third-order valence-corrected chi connectivity index (χ3v) is 2.04. The Kier molecular flexibility index (Phi) is 3.83. The zero-order chi connectivity index (χ0) is 8.10. The molecule has 1 saturated heterocycles. The Balaban J connectivity index is 2.21. The van der Waals surface area contributed by atoms with Gasteiger partial charge < -0.3 is 5.32 Å². The van der Waals surface area contributed by atoms with Crippen LogP contribution in [-0.4, -0.2) is 44.3 Å². The van der Waals surface area contributed by atoms with Gasteiger partial charge in [-0.1, -0.05) is 6.92 Å². The van der Waals surface area contributed by atoms with Crippen LogP contribution < -0.4 is 10.6 Å². The summed E-state index contributed by atoms with van der Waals surface area (Å²) in [7, 11) is 2.14. The molecule has 1 fully saturated rings. The van der Waals surface area contributed by atoms with E-state index in [2.05, 4.69) is 29.5 Å². The summed E-state index contributed by atoms with van der Waals surface area (Å²) in [6.07, 6.45) is 1.63. The molecule has 3 nitrogen and oxygen atoms in total. The molecular weight excluding hydrogens is 138 g/mol. The molecule has 1 N–H and O–H groups in total. The van der Waals surface area contributed by atoms with Crippen LogP contribution in [0.3, 0.4) is 0 Å². The lowest BCUT2D eigenvalue weighted by atomic mass is 10.3. The summed E-state index contributed by atoms with van der Waals surface area (Å²) >= 11 is 0. The molecule has 1 heterocycles. The van der Waals surface area contributed by atoms with Crippen LogP contribution in [0.25, 0.3) is 0 Å². The van der Waals surface area contributed by atoms with Crippen molar-refractivity contribution < 1.29 is 0 Å². The van der Waals surface area contributed by atoms with Gasteiger partial charge in [-0.2, -0.15) is 0 Å². The largest absolute Gasteiger partial charge is 0.312 e. The van der Waals surface area contributed by atoms with E-state index in [1.807, 2.05) is 0 Å². The van der Waals surface area contributed by atoms with Gasteiger partial charge in [-0.05, 0) is 20.0 Å². The SMILES string of the molecule is CCCN(C)C1CNCC[N]1. The molecule has 0 bridgehead atoms. The first-order chi connectivity index (χ1) is 5.34. The van der Waals surface area contributed by atoms with E-state index in [1.165, 1.54) is 6.42 Å². The highest BCUT2D eigenvalue weighted by Crippen LogP contribution is 1.96. The maximum absolute atomic E-state index is 4.51. The van der Waals surface area contributed by atoms with Gasteiger partial charge in [-0.3, -0.25) is 4.90 Å². The quantitative estimate of drug-likeness (QED) is 0.616. The number of nitrogens with one attached hydrogen (secondary N) is 1. The van der Waals surface area contributed by atoms with Crippen LogP contribution in [0.15, 0.2) is 0 Å². The second-order valence-electron chi connectivity index (χ2n) is 3.07. The van der Waals surface area contributed by atoms with E-state index in [4.69, 9.17) is 0 Å². The fraction of sp³-hybridized carbons (Fsp3) is 1.00. The van der Waals surface area contributed by atoms with Crippen molar-refractivity contribution in [1.29, 1.82) is 0 Å². The third-order valence-electron chi connectivity index (χ3n) is 2.04. The molecule has 11 heavy (non-hydrogen) atoms. The molecule has 0 spiro atoms. The average molecular weight is 156 g/mol. The number of nitrogens with zero attached hydrogens (tertiary/aromatic N) is 2. The smallest absolute Gasteiger partial charge is 0.0885 e.